The summed E-state index contributed by atoms with van der Waals surface area (Å²) in [5.41, 5.74) is 2.69. The second-order valence-electron chi connectivity index (χ2n) is 7.68. The lowest BCUT2D eigenvalue weighted by atomic mass is 10.1. The molecule has 1 aromatic heterocycles. The predicted octanol–water partition coefficient (Wildman–Crippen LogP) is 3.67. The lowest BCUT2D eigenvalue weighted by Gasteiger charge is -2.26. The van der Waals surface area contributed by atoms with Crippen molar-refractivity contribution >= 4 is 16.8 Å². The number of amides is 1. The molecule has 3 aromatic rings. The standard InChI is InChI=1S/C24H26N2O4/c1-16-7-5-8-17-13-18(23(27)25-22(16)17)14-26(15-19-9-6-12-30-19)24(28)20-10-3-4-11-21(20)29-2/h3-5,7-8,10-11,13,19H,6,9,12,14-15H2,1-2H3,(H,25,27). The fraction of sp³-hybridized carbons (Fsp3) is 0.333. The van der Waals surface area contributed by atoms with Crippen molar-refractivity contribution in [2.45, 2.75) is 32.4 Å². The molecule has 30 heavy (non-hydrogen) atoms. The summed E-state index contributed by atoms with van der Waals surface area (Å²) < 4.78 is 11.2. The van der Waals surface area contributed by atoms with Crippen LogP contribution in [-0.2, 0) is 11.3 Å². The van der Waals surface area contributed by atoms with Crippen molar-refractivity contribution in [3.8, 4) is 5.75 Å². The normalized spacial score (nSPS) is 16.0. The maximum atomic E-state index is 13.4. The summed E-state index contributed by atoms with van der Waals surface area (Å²) in [4.78, 5) is 30.9. The SMILES string of the molecule is COc1ccccc1C(=O)N(Cc1cc2cccc(C)c2[nH]c1=O)CC1CCCO1. The molecule has 2 heterocycles. The lowest BCUT2D eigenvalue weighted by Crippen LogP contribution is -2.38. The van der Waals surface area contributed by atoms with Crippen molar-refractivity contribution < 1.29 is 14.3 Å². The molecule has 1 saturated heterocycles. The second kappa shape index (κ2) is 8.71. The molecule has 1 unspecified atom stereocenters. The quantitative estimate of drug-likeness (QED) is 0.678. The third-order valence-electron chi connectivity index (χ3n) is 5.60. The van der Waals surface area contributed by atoms with Gasteiger partial charge in [-0.25, -0.2) is 0 Å². The third kappa shape index (κ3) is 4.09. The maximum Gasteiger partial charge on any atom is 0.258 e. The van der Waals surface area contributed by atoms with Crippen molar-refractivity contribution in [1.29, 1.82) is 0 Å². The van der Waals surface area contributed by atoms with Crippen LogP contribution in [0.2, 0.25) is 0 Å². The van der Waals surface area contributed by atoms with Crippen LogP contribution in [0, 0.1) is 6.92 Å². The van der Waals surface area contributed by atoms with E-state index in [1.54, 1.807) is 24.1 Å². The Morgan fingerprint density at radius 3 is 2.83 bits per heavy atom. The number of nitrogens with zero attached hydrogens (tertiary/aromatic N) is 1. The average molecular weight is 406 g/mol. The minimum atomic E-state index is -0.179. The number of ether oxygens (including phenoxy) is 2. The van der Waals surface area contributed by atoms with Crippen LogP contribution in [0.15, 0.2) is 53.3 Å². The molecule has 0 aliphatic carbocycles. The first-order valence-electron chi connectivity index (χ1n) is 10.2. The number of aromatic nitrogens is 1. The number of methoxy groups -OCH3 is 1. The Balaban J connectivity index is 1.69. The van der Waals surface area contributed by atoms with E-state index in [1.807, 2.05) is 43.3 Å². The Morgan fingerprint density at radius 2 is 2.07 bits per heavy atom. The number of nitrogens with one attached hydrogen (secondary N) is 1. The van der Waals surface area contributed by atoms with E-state index in [0.717, 1.165) is 29.3 Å². The van der Waals surface area contributed by atoms with Crippen molar-refractivity contribution in [2.75, 3.05) is 20.3 Å². The first kappa shape index (κ1) is 20.2. The van der Waals surface area contributed by atoms with Gasteiger partial charge in [0.1, 0.15) is 5.75 Å². The van der Waals surface area contributed by atoms with Crippen LogP contribution in [0.5, 0.6) is 5.75 Å². The largest absolute Gasteiger partial charge is 0.496 e. The number of carbonyl (C=O) groups is 1. The fourth-order valence-corrected chi connectivity index (χ4v) is 4.00. The number of carbonyl (C=O) groups excluding carboxylic acids is 1. The summed E-state index contributed by atoms with van der Waals surface area (Å²) >= 11 is 0. The summed E-state index contributed by atoms with van der Waals surface area (Å²) in [5.74, 6) is 0.342. The highest BCUT2D eigenvalue weighted by molar-refractivity contribution is 5.97. The molecule has 2 aromatic carbocycles. The molecule has 6 heteroatoms. The van der Waals surface area contributed by atoms with E-state index in [4.69, 9.17) is 9.47 Å². The molecular formula is C24H26N2O4. The zero-order valence-electron chi connectivity index (χ0n) is 17.3. The van der Waals surface area contributed by atoms with Gasteiger partial charge in [0.05, 0.1) is 30.8 Å². The van der Waals surface area contributed by atoms with Crippen molar-refractivity contribution in [2.24, 2.45) is 0 Å². The Kier molecular flexibility index (Phi) is 5.86. The first-order chi connectivity index (χ1) is 14.6. The number of hydrogen-bond acceptors (Lipinski definition) is 4. The molecule has 0 bridgehead atoms. The fourth-order valence-electron chi connectivity index (χ4n) is 4.00. The van der Waals surface area contributed by atoms with Gasteiger partial charge in [-0.05, 0) is 48.9 Å². The minimum absolute atomic E-state index is 0.0227. The second-order valence-corrected chi connectivity index (χ2v) is 7.68. The van der Waals surface area contributed by atoms with Crippen LogP contribution in [0.1, 0.15) is 34.3 Å². The predicted molar refractivity (Wildman–Crippen MR) is 116 cm³/mol. The summed E-state index contributed by atoms with van der Waals surface area (Å²) in [6.45, 7) is 3.31. The van der Waals surface area contributed by atoms with Gasteiger partial charge in [0.15, 0.2) is 0 Å². The molecule has 1 aliphatic heterocycles. The van der Waals surface area contributed by atoms with Crippen molar-refractivity contribution in [3.63, 3.8) is 0 Å². The van der Waals surface area contributed by atoms with Gasteiger partial charge in [0.2, 0.25) is 0 Å². The molecule has 1 N–H and O–H groups in total. The van der Waals surface area contributed by atoms with E-state index in [9.17, 15) is 9.59 Å². The van der Waals surface area contributed by atoms with E-state index in [0.29, 0.717) is 30.0 Å². The smallest absolute Gasteiger partial charge is 0.258 e. The number of H-pyrrole nitrogens is 1. The van der Waals surface area contributed by atoms with E-state index >= 15 is 0 Å². The van der Waals surface area contributed by atoms with Gasteiger partial charge in [-0.1, -0.05) is 30.3 Å². The van der Waals surface area contributed by atoms with Gasteiger partial charge in [-0.2, -0.15) is 0 Å². The number of aromatic amines is 1. The first-order valence-corrected chi connectivity index (χ1v) is 10.2. The van der Waals surface area contributed by atoms with Gasteiger partial charge in [0.25, 0.3) is 11.5 Å². The topological polar surface area (TPSA) is 71.6 Å². The van der Waals surface area contributed by atoms with Gasteiger partial charge in [0, 0.05) is 18.7 Å². The van der Waals surface area contributed by atoms with Gasteiger partial charge < -0.3 is 19.4 Å². The number of pyridine rings is 1. The monoisotopic (exact) mass is 406 g/mol. The van der Waals surface area contributed by atoms with Crippen LogP contribution >= 0.6 is 0 Å². The molecule has 0 saturated carbocycles. The summed E-state index contributed by atoms with van der Waals surface area (Å²) in [6, 6.07) is 14.9. The third-order valence-corrected chi connectivity index (χ3v) is 5.60. The highest BCUT2D eigenvalue weighted by Crippen LogP contribution is 2.23. The van der Waals surface area contributed by atoms with E-state index < -0.39 is 0 Å². The molecule has 6 nitrogen and oxygen atoms in total. The van der Waals surface area contributed by atoms with Crippen LogP contribution in [-0.4, -0.2) is 42.2 Å². The van der Waals surface area contributed by atoms with E-state index in [-0.39, 0.29) is 24.1 Å². The molecule has 0 radical (unpaired) electrons. The van der Waals surface area contributed by atoms with Crippen molar-refractivity contribution in [1.82, 2.24) is 9.88 Å². The molecule has 1 aliphatic rings. The van der Waals surface area contributed by atoms with Crippen LogP contribution in [0.25, 0.3) is 10.9 Å². The van der Waals surface area contributed by atoms with Gasteiger partial charge >= 0.3 is 0 Å². The molecule has 0 spiro atoms. The molecule has 156 valence electrons. The Bertz CT molecular complexity index is 1120. The average Bonchev–Trinajstić information content (AvgIpc) is 3.27. The van der Waals surface area contributed by atoms with Gasteiger partial charge in [-0.15, -0.1) is 0 Å². The van der Waals surface area contributed by atoms with Crippen LogP contribution in [0.3, 0.4) is 0 Å². The van der Waals surface area contributed by atoms with Gasteiger partial charge in [-0.3, -0.25) is 9.59 Å². The number of benzene rings is 2. The molecule has 4 rings (SSSR count). The van der Waals surface area contributed by atoms with Crippen LogP contribution < -0.4 is 10.3 Å². The molecule has 1 fully saturated rings. The highest BCUT2D eigenvalue weighted by atomic mass is 16.5. The Hall–Kier alpha value is -3.12. The number of rotatable bonds is 6. The zero-order chi connectivity index (χ0) is 21.1. The van der Waals surface area contributed by atoms with E-state index in [1.165, 1.54) is 0 Å². The molecule has 1 amide bonds. The zero-order valence-corrected chi connectivity index (χ0v) is 17.3. The Labute approximate surface area is 175 Å². The summed E-state index contributed by atoms with van der Waals surface area (Å²) in [5, 5.41) is 0.950. The lowest BCUT2D eigenvalue weighted by molar-refractivity contribution is 0.0504. The highest BCUT2D eigenvalue weighted by Gasteiger charge is 2.26. The minimum Gasteiger partial charge on any atom is -0.496 e. The number of fused-ring (bicyclic) bond motifs is 1. The summed E-state index contributed by atoms with van der Waals surface area (Å²) in [6.07, 6.45) is 1.87. The number of para-hydroxylation sites is 2. The summed E-state index contributed by atoms with van der Waals surface area (Å²) in [7, 11) is 1.55. The number of hydrogen-bond donors (Lipinski definition) is 1. The molecular weight excluding hydrogens is 380 g/mol. The number of aryl methyl sites for hydroxylation is 1. The maximum absolute atomic E-state index is 13.4. The molecule has 1 atom stereocenters. The van der Waals surface area contributed by atoms with E-state index in [2.05, 4.69) is 4.98 Å². The Morgan fingerprint density at radius 1 is 1.23 bits per heavy atom. The van der Waals surface area contributed by atoms with Crippen LogP contribution in [0.4, 0.5) is 0 Å². The van der Waals surface area contributed by atoms with Crippen molar-refractivity contribution in [3.05, 3.63) is 75.6 Å².